The number of ether oxygens (including phenoxy) is 2. The highest BCUT2D eigenvalue weighted by Crippen LogP contribution is 2.35. The van der Waals surface area contributed by atoms with Crippen molar-refractivity contribution >= 4 is 23.6 Å². The highest BCUT2D eigenvalue weighted by atomic mass is 16.6. The number of rotatable bonds is 9. The second-order valence-electron chi connectivity index (χ2n) is 9.09. The van der Waals surface area contributed by atoms with Gasteiger partial charge in [-0.1, -0.05) is 59.7 Å². The van der Waals surface area contributed by atoms with Crippen molar-refractivity contribution in [2.75, 3.05) is 25.6 Å². The quantitative estimate of drug-likeness (QED) is 0.424. The van der Waals surface area contributed by atoms with Crippen molar-refractivity contribution in [2.24, 2.45) is 0 Å². The van der Waals surface area contributed by atoms with E-state index < -0.39 is 18.2 Å². The largest absolute Gasteiger partial charge is 0.438 e. The molecule has 1 aliphatic rings. The number of hydrogen-bond donors (Lipinski definition) is 2. The van der Waals surface area contributed by atoms with Crippen LogP contribution in [0, 0.1) is 13.8 Å². The summed E-state index contributed by atoms with van der Waals surface area (Å²) in [4.78, 5) is 40.4. The lowest BCUT2D eigenvalue weighted by Crippen LogP contribution is -2.47. The fourth-order valence-electron chi connectivity index (χ4n) is 4.18. The fraction of sp³-hybridized carbons (Fsp3) is 0.276. The van der Waals surface area contributed by atoms with Crippen molar-refractivity contribution in [3.05, 3.63) is 101 Å². The number of nitrogens with one attached hydrogen (secondary N) is 2. The molecule has 1 aliphatic heterocycles. The lowest BCUT2D eigenvalue weighted by Gasteiger charge is -2.24. The van der Waals surface area contributed by atoms with E-state index in [1.54, 1.807) is 43.5 Å². The van der Waals surface area contributed by atoms with E-state index >= 15 is 0 Å². The van der Waals surface area contributed by atoms with Crippen molar-refractivity contribution in [1.29, 1.82) is 0 Å². The minimum atomic E-state index is -0.895. The van der Waals surface area contributed by atoms with Gasteiger partial charge in [0.05, 0.1) is 13.2 Å². The molecule has 1 heterocycles. The smallest absolute Gasteiger partial charge is 0.411 e. The number of carbonyl (C=O) groups excluding carboxylic acids is 3. The molecule has 4 rings (SSSR count). The Kier molecular flexibility index (Phi) is 8.20. The first-order valence-electron chi connectivity index (χ1n) is 12.1. The summed E-state index contributed by atoms with van der Waals surface area (Å²) in [6, 6.07) is 21.2. The van der Waals surface area contributed by atoms with E-state index in [0.29, 0.717) is 30.0 Å². The van der Waals surface area contributed by atoms with Crippen molar-refractivity contribution in [1.82, 2.24) is 10.2 Å². The summed E-state index contributed by atoms with van der Waals surface area (Å²) in [5.74, 6) is -0.593. The lowest BCUT2D eigenvalue weighted by atomic mass is 10.00. The summed E-state index contributed by atoms with van der Waals surface area (Å²) >= 11 is 0. The predicted molar refractivity (Wildman–Crippen MR) is 140 cm³/mol. The second kappa shape index (κ2) is 11.7. The number of aryl methyl sites for hydroxylation is 2. The van der Waals surface area contributed by atoms with Gasteiger partial charge in [0.2, 0.25) is 5.91 Å². The predicted octanol–water partition coefficient (Wildman–Crippen LogP) is 4.38. The van der Waals surface area contributed by atoms with Crippen LogP contribution >= 0.6 is 0 Å². The molecule has 0 saturated carbocycles. The van der Waals surface area contributed by atoms with E-state index in [0.717, 1.165) is 16.7 Å². The summed E-state index contributed by atoms with van der Waals surface area (Å²) in [6.45, 7) is 4.81. The molecule has 0 radical (unpaired) electrons. The van der Waals surface area contributed by atoms with Gasteiger partial charge in [-0.3, -0.25) is 14.5 Å². The number of amides is 3. The minimum absolute atomic E-state index is 0.224. The molecule has 2 N–H and O–H groups in total. The maximum Gasteiger partial charge on any atom is 0.411 e. The maximum atomic E-state index is 13.3. The number of carbonyl (C=O) groups is 3. The van der Waals surface area contributed by atoms with Gasteiger partial charge >= 0.3 is 6.09 Å². The molecule has 3 aromatic carbocycles. The molecule has 3 amide bonds. The Bertz CT molecular complexity index is 1260. The molecule has 0 unspecified atom stereocenters. The third-order valence-electron chi connectivity index (χ3n) is 6.22. The molecule has 37 heavy (non-hydrogen) atoms. The topological polar surface area (TPSA) is 97.0 Å². The van der Waals surface area contributed by atoms with Crippen molar-refractivity contribution in [3.8, 4) is 0 Å². The molecular formula is C29H31N3O5. The standard InChI is InChI=1S/C29H31N3O5/c1-19-7-11-21(12-8-19)18-32-25(28(34)30-15-16-36-3)26(37-29(32)35)23-5-4-6-24(17-23)31-27(33)22-13-9-20(2)10-14-22/h4-14,17,25-26H,15-16,18H2,1-3H3,(H,30,34)(H,31,33)/t25-,26+/m0/s1. The Balaban J connectivity index is 1.58. The number of nitrogens with zero attached hydrogens (tertiary/aromatic N) is 1. The van der Waals surface area contributed by atoms with Gasteiger partial charge in [-0.15, -0.1) is 0 Å². The Labute approximate surface area is 216 Å². The van der Waals surface area contributed by atoms with Crippen LogP contribution in [-0.2, 0) is 20.8 Å². The molecule has 0 aliphatic carbocycles. The van der Waals surface area contributed by atoms with Crippen LogP contribution < -0.4 is 10.6 Å². The van der Waals surface area contributed by atoms with Crippen LogP contribution in [0.1, 0.15) is 38.7 Å². The van der Waals surface area contributed by atoms with Crippen LogP contribution in [0.2, 0.25) is 0 Å². The van der Waals surface area contributed by atoms with Crippen LogP contribution in [0.25, 0.3) is 0 Å². The number of cyclic esters (lactones) is 1. The Morgan fingerprint density at radius 3 is 2.32 bits per heavy atom. The fourth-order valence-corrected chi connectivity index (χ4v) is 4.18. The molecule has 3 aromatic rings. The highest BCUT2D eigenvalue weighted by molar-refractivity contribution is 6.04. The SMILES string of the molecule is COCCNC(=O)[C@@H]1[C@@H](c2cccc(NC(=O)c3ccc(C)cc3)c2)OC(=O)N1Cc1ccc(C)cc1. The van der Waals surface area contributed by atoms with Crippen molar-refractivity contribution in [3.63, 3.8) is 0 Å². The number of methoxy groups -OCH3 is 1. The molecule has 1 saturated heterocycles. The van der Waals surface area contributed by atoms with Gasteiger partial charge in [-0.25, -0.2) is 4.79 Å². The Morgan fingerprint density at radius 2 is 1.65 bits per heavy atom. The summed E-state index contributed by atoms with van der Waals surface area (Å²) in [5, 5.41) is 5.72. The van der Waals surface area contributed by atoms with Crippen LogP contribution in [-0.4, -0.2) is 49.1 Å². The second-order valence-corrected chi connectivity index (χ2v) is 9.09. The molecule has 192 valence electrons. The molecule has 8 nitrogen and oxygen atoms in total. The van der Waals surface area contributed by atoms with Gasteiger partial charge in [-0.05, 0) is 49.2 Å². The van der Waals surface area contributed by atoms with E-state index in [1.807, 2.05) is 50.2 Å². The van der Waals surface area contributed by atoms with Crippen molar-refractivity contribution < 1.29 is 23.9 Å². The Hall–Kier alpha value is -4.17. The van der Waals surface area contributed by atoms with E-state index in [1.165, 1.54) is 4.90 Å². The molecular weight excluding hydrogens is 470 g/mol. The first kappa shape index (κ1) is 25.9. The summed E-state index contributed by atoms with van der Waals surface area (Å²) in [7, 11) is 1.55. The zero-order valence-corrected chi connectivity index (χ0v) is 21.2. The number of benzene rings is 3. The third kappa shape index (κ3) is 6.34. The lowest BCUT2D eigenvalue weighted by molar-refractivity contribution is -0.126. The zero-order chi connectivity index (χ0) is 26.4. The van der Waals surface area contributed by atoms with Gasteiger partial charge < -0.3 is 20.1 Å². The summed E-state index contributed by atoms with van der Waals surface area (Å²) < 4.78 is 10.8. The van der Waals surface area contributed by atoms with Crippen LogP contribution in [0.5, 0.6) is 0 Å². The van der Waals surface area contributed by atoms with E-state index in [4.69, 9.17) is 9.47 Å². The van der Waals surface area contributed by atoms with E-state index in [9.17, 15) is 14.4 Å². The highest BCUT2D eigenvalue weighted by Gasteiger charge is 2.47. The van der Waals surface area contributed by atoms with E-state index in [-0.39, 0.29) is 18.4 Å². The molecule has 0 bridgehead atoms. The number of anilines is 1. The van der Waals surface area contributed by atoms with Crippen LogP contribution in [0.3, 0.4) is 0 Å². The van der Waals surface area contributed by atoms with Crippen LogP contribution in [0.4, 0.5) is 10.5 Å². The summed E-state index contributed by atoms with van der Waals surface area (Å²) in [5.41, 5.74) is 4.72. The molecule has 2 atom stereocenters. The van der Waals surface area contributed by atoms with Crippen LogP contribution in [0.15, 0.2) is 72.8 Å². The average molecular weight is 502 g/mol. The third-order valence-corrected chi connectivity index (χ3v) is 6.22. The van der Waals surface area contributed by atoms with Gasteiger partial charge in [0, 0.05) is 24.9 Å². The maximum absolute atomic E-state index is 13.3. The Morgan fingerprint density at radius 1 is 0.973 bits per heavy atom. The molecule has 0 spiro atoms. The van der Waals surface area contributed by atoms with Gasteiger partial charge in [-0.2, -0.15) is 0 Å². The van der Waals surface area contributed by atoms with Gasteiger partial charge in [0.25, 0.3) is 5.91 Å². The summed E-state index contributed by atoms with van der Waals surface area (Å²) in [6.07, 6.45) is -1.43. The molecule has 1 fully saturated rings. The molecule has 8 heteroatoms. The zero-order valence-electron chi connectivity index (χ0n) is 21.2. The van der Waals surface area contributed by atoms with Crippen molar-refractivity contribution in [2.45, 2.75) is 32.5 Å². The first-order chi connectivity index (χ1) is 17.9. The van der Waals surface area contributed by atoms with Gasteiger partial charge in [0.15, 0.2) is 12.1 Å². The first-order valence-corrected chi connectivity index (χ1v) is 12.1. The van der Waals surface area contributed by atoms with Gasteiger partial charge in [0.1, 0.15) is 0 Å². The van der Waals surface area contributed by atoms with E-state index in [2.05, 4.69) is 10.6 Å². The monoisotopic (exact) mass is 501 g/mol. The number of hydrogen-bond acceptors (Lipinski definition) is 5. The minimum Gasteiger partial charge on any atom is -0.438 e. The normalized spacial score (nSPS) is 16.8. The average Bonchev–Trinajstić information content (AvgIpc) is 3.22. The molecule has 0 aromatic heterocycles.